The lowest BCUT2D eigenvalue weighted by atomic mass is 10.3. The van der Waals surface area contributed by atoms with E-state index >= 15 is 0 Å². The average molecular weight is 247 g/mol. The largest absolute Gasteiger partial charge is 0.384 e. The summed E-state index contributed by atoms with van der Waals surface area (Å²) in [6.45, 7) is 4.45. The average Bonchev–Trinajstić information content (AvgIpc) is 2.84. The first kappa shape index (κ1) is 11.8. The Balaban J connectivity index is 2.14. The van der Waals surface area contributed by atoms with Gasteiger partial charge in [0, 0.05) is 15.8 Å². The molecule has 0 unspecified atom stereocenters. The maximum Gasteiger partial charge on any atom is 0.147 e. The molecule has 0 amide bonds. The Morgan fingerprint density at radius 2 is 2.29 bits per heavy atom. The fourth-order valence-corrected chi connectivity index (χ4v) is 2.33. The molecule has 0 aliphatic carbocycles. The second-order valence-electron chi connectivity index (χ2n) is 3.63. The van der Waals surface area contributed by atoms with Gasteiger partial charge in [-0.15, -0.1) is 11.3 Å². The lowest BCUT2D eigenvalue weighted by Gasteiger charge is -1.98. The van der Waals surface area contributed by atoms with Crippen LogP contribution in [0.25, 0.3) is 0 Å². The van der Waals surface area contributed by atoms with Crippen molar-refractivity contribution in [2.45, 2.75) is 20.4 Å². The molecule has 88 valence electrons. The molecule has 0 aromatic carbocycles. The number of aliphatic hydroxyl groups is 1. The molecule has 0 saturated carbocycles. The summed E-state index contributed by atoms with van der Waals surface area (Å²) in [5.74, 6) is 7.23. The smallest absolute Gasteiger partial charge is 0.147 e. The highest BCUT2D eigenvalue weighted by atomic mass is 32.1. The van der Waals surface area contributed by atoms with Gasteiger partial charge in [0.05, 0.1) is 6.54 Å². The molecule has 0 aliphatic rings. The third kappa shape index (κ3) is 2.93. The fraction of sp³-hybridized carbons (Fsp3) is 0.333. The summed E-state index contributed by atoms with van der Waals surface area (Å²) in [4.78, 5) is 5.44. The van der Waals surface area contributed by atoms with Gasteiger partial charge in [0.2, 0.25) is 0 Å². The molecule has 1 N–H and O–H groups in total. The number of aliphatic hydroxyl groups excluding tert-OH is 1. The molecule has 0 fully saturated rings. The molecule has 17 heavy (non-hydrogen) atoms. The Hall–Kier alpha value is -1.64. The zero-order valence-electron chi connectivity index (χ0n) is 9.77. The standard InChI is InChI=1S/C12H13N3OS/c1-9-13-10(2)15(14-9)7-12-6-11(8-17-12)4-3-5-16/h6,8,16H,5,7H2,1-2H3. The quantitative estimate of drug-likeness (QED) is 0.815. The third-order valence-corrected chi connectivity index (χ3v) is 3.16. The summed E-state index contributed by atoms with van der Waals surface area (Å²) in [5.41, 5.74) is 0.938. The highest BCUT2D eigenvalue weighted by Gasteiger charge is 2.05. The first-order valence-electron chi connectivity index (χ1n) is 5.24. The minimum absolute atomic E-state index is 0.105. The van der Waals surface area contributed by atoms with E-state index < -0.39 is 0 Å². The monoisotopic (exact) mass is 247 g/mol. The molecule has 0 spiro atoms. The molecule has 0 radical (unpaired) electrons. The van der Waals surface area contributed by atoms with Gasteiger partial charge in [0.15, 0.2) is 0 Å². The van der Waals surface area contributed by atoms with Gasteiger partial charge in [-0.2, -0.15) is 5.10 Å². The van der Waals surface area contributed by atoms with Crippen LogP contribution in [0, 0.1) is 25.7 Å². The van der Waals surface area contributed by atoms with Crippen molar-refractivity contribution in [3.63, 3.8) is 0 Å². The van der Waals surface area contributed by atoms with Crippen LogP contribution in [0.15, 0.2) is 11.4 Å². The van der Waals surface area contributed by atoms with Crippen molar-refractivity contribution < 1.29 is 5.11 Å². The van der Waals surface area contributed by atoms with Crippen molar-refractivity contribution in [3.8, 4) is 11.8 Å². The highest BCUT2D eigenvalue weighted by Crippen LogP contribution is 2.15. The first-order valence-corrected chi connectivity index (χ1v) is 6.12. The van der Waals surface area contributed by atoms with Gasteiger partial charge in [-0.3, -0.25) is 0 Å². The van der Waals surface area contributed by atoms with Crippen LogP contribution in [-0.2, 0) is 6.54 Å². The molecule has 0 atom stereocenters. The molecule has 5 heteroatoms. The van der Waals surface area contributed by atoms with Crippen LogP contribution >= 0.6 is 11.3 Å². The number of hydrogen-bond acceptors (Lipinski definition) is 4. The lowest BCUT2D eigenvalue weighted by Crippen LogP contribution is -2.02. The van der Waals surface area contributed by atoms with E-state index in [-0.39, 0.29) is 6.61 Å². The summed E-state index contributed by atoms with van der Waals surface area (Å²) in [7, 11) is 0. The lowest BCUT2D eigenvalue weighted by molar-refractivity contribution is 0.350. The van der Waals surface area contributed by atoms with Gasteiger partial charge >= 0.3 is 0 Å². The van der Waals surface area contributed by atoms with E-state index in [1.54, 1.807) is 11.3 Å². The van der Waals surface area contributed by atoms with E-state index in [0.29, 0.717) is 0 Å². The van der Waals surface area contributed by atoms with E-state index in [9.17, 15) is 0 Å². The third-order valence-electron chi connectivity index (χ3n) is 2.23. The Morgan fingerprint density at radius 1 is 1.47 bits per heavy atom. The van der Waals surface area contributed by atoms with E-state index in [0.717, 1.165) is 23.8 Å². The summed E-state index contributed by atoms with van der Waals surface area (Å²) in [6.07, 6.45) is 0. The molecule has 2 aromatic rings. The van der Waals surface area contributed by atoms with Crippen molar-refractivity contribution in [3.05, 3.63) is 33.5 Å². The number of aromatic nitrogens is 3. The molecule has 4 nitrogen and oxygen atoms in total. The van der Waals surface area contributed by atoms with Crippen molar-refractivity contribution in [2.75, 3.05) is 6.61 Å². The van der Waals surface area contributed by atoms with Gasteiger partial charge in [0.1, 0.15) is 18.3 Å². The summed E-state index contributed by atoms with van der Waals surface area (Å²) >= 11 is 1.64. The zero-order valence-corrected chi connectivity index (χ0v) is 10.6. The minimum Gasteiger partial charge on any atom is -0.384 e. The number of thiophene rings is 1. The van der Waals surface area contributed by atoms with Crippen LogP contribution in [-0.4, -0.2) is 26.5 Å². The van der Waals surface area contributed by atoms with E-state index in [1.807, 2.05) is 30.0 Å². The zero-order chi connectivity index (χ0) is 12.3. The number of nitrogens with zero attached hydrogens (tertiary/aromatic N) is 3. The van der Waals surface area contributed by atoms with Crippen molar-refractivity contribution in [1.82, 2.24) is 14.8 Å². The normalized spacial score (nSPS) is 10.1. The Morgan fingerprint density at radius 3 is 2.94 bits per heavy atom. The van der Waals surface area contributed by atoms with Crippen LogP contribution in [0.3, 0.4) is 0 Å². The van der Waals surface area contributed by atoms with E-state index in [2.05, 4.69) is 21.9 Å². The van der Waals surface area contributed by atoms with E-state index in [1.165, 1.54) is 4.88 Å². The molecule has 0 saturated heterocycles. The molecular weight excluding hydrogens is 234 g/mol. The number of rotatable bonds is 2. The Bertz CT molecular complexity index is 574. The topological polar surface area (TPSA) is 50.9 Å². The Labute approximate surface area is 104 Å². The van der Waals surface area contributed by atoms with Crippen LogP contribution in [0.5, 0.6) is 0 Å². The fourth-order valence-electron chi connectivity index (χ4n) is 1.53. The van der Waals surface area contributed by atoms with Crippen LogP contribution in [0.2, 0.25) is 0 Å². The van der Waals surface area contributed by atoms with Crippen LogP contribution < -0.4 is 0 Å². The predicted octanol–water partition coefficient (Wildman–Crippen LogP) is 1.35. The molecule has 0 aliphatic heterocycles. The van der Waals surface area contributed by atoms with Gasteiger partial charge in [0.25, 0.3) is 0 Å². The van der Waals surface area contributed by atoms with Crippen molar-refractivity contribution in [2.24, 2.45) is 0 Å². The molecule has 0 bridgehead atoms. The number of hydrogen-bond donors (Lipinski definition) is 1. The summed E-state index contributed by atoms with van der Waals surface area (Å²) in [5, 5.41) is 14.9. The Kier molecular flexibility index (Phi) is 3.57. The van der Waals surface area contributed by atoms with E-state index in [4.69, 9.17) is 5.11 Å². The molecule has 2 heterocycles. The van der Waals surface area contributed by atoms with Gasteiger partial charge in [-0.1, -0.05) is 11.8 Å². The maximum atomic E-state index is 8.62. The van der Waals surface area contributed by atoms with Crippen LogP contribution in [0.4, 0.5) is 0 Å². The van der Waals surface area contributed by atoms with Gasteiger partial charge in [-0.05, 0) is 19.9 Å². The SMILES string of the molecule is Cc1nc(C)n(Cc2cc(C#CCO)cs2)n1. The summed E-state index contributed by atoms with van der Waals surface area (Å²) in [6, 6.07) is 2.02. The van der Waals surface area contributed by atoms with Crippen molar-refractivity contribution >= 4 is 11.3 Å². The van der Waals surface area contributed by atoms with Crippen LogP contribution in [0.1, 0.15) is 22.1 Å². The molecular formula is C12H13N3OS. The minimum atomic E-state index is -0.105. The summed E-state index contributed by atoms with van der Waals surface area (Å²) < 4.78 is 1.88. The van der Waals surface area contributed by atoms with Crippen molar-refractivity contribution in [1.29, 1.82) is 0 Å². The molecule has 2 aromatic heterocycles. The van der Waals surface area contributed by atoms with Gasteiger partial charge < -0.3 is 5.11 Å². The predicted molar refractivity (Wildman–Crippen MR) is 66.9 cm³/mol. The number of aryl methyl sites for hydroxylation is 2. The second-order valence-corrected chi connectivity index (χ2v) is 4.62. The van der Waals surface area contributed by atoms with Gasteiger partial charge in [-0.25, -0.2) is 9.67 Å². The first-order chi connectivity index (χ1) is 8.19. The maximum absolute atomic E-state index is 8.62. The molecule has 2 rings (SSSR count). The highest BCUT2D eigenvalue weighted by molar-refractivity contribution is 7.10. The second kappa shape index (κ2) is 5.13.